The molecular weight excluding hydrogens is 265 g/mol. The van der Waals surface area contributed by atoms with Gasteiger partial charge in [-0.2, -0.15) is 4.31 Å². The summed E-state index contributed by atoms with van der Waals surface area (Å²) in [7, 11) is -3.68. The molecule has 104 valence electrons. The standard InChI is InChI=1S/C14H18FNO2S/c1-10-4-2-7-13(14(10)15)19(17,18)16-8-11-5-3-6-12(11)9-16/h2,4,7,11-12H,3,5-6,8-9H2,1H3. The maximum absolute atomic E-state index is 14.0. The zero-order chi connectivity index (χ0) is 13.6. The lowest BCUT2D eigenvalue weighted by molar-refractivity contribution is 0.440. The Morgan fingerprint density at radius 3 is 2.47 bits per heavy atom. The SMILES string of the molecule is Cc1cccc(S(=O)(=O)N2CC3CCCC3C2)c1F. The first-order valence-corrected chi connectivity index (χ1v) is 8.19. The summed E-state index contributed by atoms with van der Waals surface area (Å²) in [5.41, 5.74) is 0.375. The minimum Gasteiger partial charge on any atom is -0.207 e. The first kappa shape index (κ1) is 13.1. The van der Waals surface area contributed by atoms with E-state index in [0.29, 0.717) is 30.5 Å². The minimum absolute atomic E-state index is 0.174. The van der Waals surface area contributed by atoms with Crippen LogP contribution in [0.4, 0.5) is 4.39 Å². The van der Waals surface area contributed by atoms with Gasteiger partial charge in [0.25, 0.3) is 0 Å². The normalized spacial score (nSPS) is 27.7. The number of fused-ring (bicyclic) bond motifs is 1. The van der Waals surface area contributed by atoms with Crippen molar-refractivity contribution >= 4 is 10.0 Å². The molecule has 0 amide bonds. The predicted octanol–water partition coefficient (Wildman–Crippen LogP) is 2.55. The van der Waals surface area contributed by atoms with E-state index in [2.05, 4.69) is 0 Å². The van der Waals surface area contributed by atoms with Gasteiger partial charge in [-0.15, -0.1) is 0 Å². The van der Waals surface area contributed by atoms with Crippen LogP contribution in [0.15, 0.2) is 23.1 Å². The fourth-order valence-electron chi connectivity index (χ4n) is 3.35. The lowest BCUT2D eigenvalue weighted by atomic mass is 10.0. The van der Waals surface area contributed by atoms with Crippen LogP contribution in [-0.4, -0.2) is 25.8 Å². The quantitative estimate of drug-likeness (QED) is 0.836. The van der Waals surface area contributed by atoms with E-state index in [-0.39, 0.29) is 4.90 Å². The van der Waals surface area contributed by atoms with Gasteiger partial charge in [-0.3, -0.25) is 0 Å². The van der Waals surface area contributed by atoms with Gasteiger partial charge in [0.1, 0.15) is 10.7 Å². The maximum atomic E-state index is 14.0. The van der Waals surface area contributed by atoms with Crippen molar-refractivity contribution in [2.75, 3.05) is 13.1 Å². The Bertz CT molecular complexity index is 587. The van der Waals surface area contributed by atoms with E-state index < -0.39 is 15.8 Å². The third-order valence-corrected chi connectivity index (χ3v) is 6.32. The Morgan fingerprint density at radius 2 is 1.84 bits per heavy atom. The van der Waals surface area contributed by atoms with Crippen LogP contribution in [0.25, 0.3) is 0 Å². The van der Waals surface area contributed by atoms with Crippen molar-refractivity contribution in [3.8, 4) is 0 Å². The Hall–Kier alpha value is -0.940. The van der Waals surface area contributed by atoms with Crippen LogP contribution >= 0.6 is 0 Å². The average molecular weight is 283 g/mol. The number of nitrogens with zero attached hydrogens (tertiary/aromatic N) is 1. The molecule has 1 saturated heterocycles. The molecule has 1 aliphatic carbocycles. The maximum Gasteiger partial charge on any atom is 0.246 e. The van der Waals surface area contributed by atoms with Crippen LogP contribution in [0.2, 0.25) is 0 Å². The second kappa shape index (κ2) is 4.56. The summed E-state index contributed by atoms with van der Waals surface area (Å²) in [6.45, 7) is 2.70. The van der Waals surface area contributed by atoms with E-state index in [1.54, 1.807) is 19.1 Å². The molecule has 2 atom stereocenters. The number of aryl methyl sites for hydroxylation is 1. The lowest BCUT2D eigenvalue weighted by Gasteiger charge is -2.18. The van der Waals surface area contributed by atoms with Crippen molar-refractivity contribution in [2.24, 2.45) is 11.8 Å². The fourth-order valence-corrected chi connectivity index (χ4v) is 5.04. The van der Waals surface area contributed by atoms with E-state index in [4.69, 9.17) is 0 Å². The first-order chi connectivity index (χ1) is 9.00. The highest BCUT2D eigenvalue weighted by Gasteiger charge is 2.42. The van der Waals surface area contributed by atoms with E-state index in [0.717, 1.165) is 12.8 Å². The summed E-state index contributed by atoms with van der Waals surface area (Å²) in [5, 5.41) is 0. The molecule has 3 rings (SSSR count). The molecule has 0 spiro atoms. The number of hydrogen-bond donors (Lipinski definition) is 0. The zero-order valence-corrected chi connectivity index (χ0v) is 11.8. The van der Waals surface area contributed by atoms with Gasteiger partial charge in [0.05, 0.1) is 0 Å². The molecule has 0 N–H and O–H groups in total. The molecule has 3 nitrogen and oxygen atoms in total. The van der Waals surface area contributed by atoms with Crippen molar-refractivity contribution < 1.29 is 12.8 Å². The summed E-state index contributed by atoms with van der Waals surface area (Å²) < 4.78 is 40.6. The van der Waals surface area contributed by atoms with Gasteiger partial charge in [-0.25, -0.2) is 12.8 Å². The Morgan fingerprint density at radius 1 is 1.21 bits per heavy atom. The van der Waals surface area contributed by atoms with Gasteiger partial charge in [-0.1, -0.05) is 18.6 Å². The third-order valence-electron chi connectivity index (χ3n) is 4.47. The van der Waals surface area contributed by atoms with E-state index >= 15 is 0 Å². The monoisotopic (exact) mass is 283 g/mol. The summed E-state index contributed by atoms with van der Waals surface area (Å²) in [4.78, 5) is -0.174. The van der Waals surface area contributed by atoms with E-state index in [1.165, 1.54) is 16.8 Å². The Kier molecular flexibility index (Phi) is 3.14. The van der Waals surface area contributed by atoms with Gasteiger partial charge in [0.2, 0.25) is 10.0 Å². The summed E-state index contributed by atoms with van der Waals surface area (Å²) in [5.74, 6) is 0.338. The van der Waals surface area contributed by atoms with Gasteiger partial charge < -0.3 is 0 Å². The molecule has 1 heterocycles. The highest BCUT2D eigenvalue weighted by Crippen LogP contribution is 2.40. The summed E-state index contributed by atoms with van der Waals surface area (Å²) in [6, 6.07) is 4.56. The van der Waals surface area contributed by atoms with Crippen LogP contribution in [0.1, 0.15) is 24.8 Å². The first-order valence-electron chi connectivity index (χ1n) is 6.75. The Balaban J connectivity index is 1.93. The molecule has 2 aliphatic rings. The minimum atomic E-state index is -3.68. The van der Waals surface area contributed by atoms with Crippen molar-refractivity contribution in [3.63, 3.8) is 0 Å². The van der Waals surface area contributed by atoms with Crippen LogP contribution in [0, 0.1) is 24.6 Å². The second-order valence-electron chi connectivity index (χ2n) is 5.66. The van der Waals surface area contributed by atoms with Crippen molar-refractivity contribution in [1.29, 1.82) is 0 Å². The van der Waals surface area contributed by atoms with Crippen LogP contribution in [-0.2, 0) is 10.0 Å². The number of sulfonamides is 1. The van der Waals surface area contributed by atoms with Crippen molar-refractivity contribution in [1.82, 2.24) is 4.31 Å². The van der Waals surface area contributed by atoms with E-state index in [1.807, 2.05) is 0 Å². The molecule has 0 aromatic heterocycles. The molecule has 1 saturated carbocycles. The highest BCUT2D eigenvalue weighted by atomic mass is 32.2. The highest BCUT2D eigenvalue weighted by molar-refractivity contribution is 7.89. The molecule has 5 heteroatoms. The molecular formula is C14H18FNO2S. The Labute approximate surface area is 113 Å². The topological polar surface area (TPSA) is 37.4 Å². The molecule has 19 heavy (non-hydrogen) atoms. The van der Waals surface area contributed by atoms with E-state index in [9.17, 15) is 12.8 Å². The molecule has 0 bridgehead atoms. The summed E-state index contributed by atoms with van der Waals surface area (Å²) >= 11 is 0. The lowest BCUT2D eigenvalue weighted by Crippen LogP contribution is -2.30. The van der Waals surface area contributed by atoms with Gasteiger partial charge in [0.15, 0.2) is 0 Å². The molecule has 2 unspecified atom stereocenters. The largest absolute Gasteiger partial charge is 0.246 e. The predicted molar refractivity (Wildman–Crippen MR) is 70.7 cm³/mol. The van der Waals surface area contributed by atoms with Crippen LogP contribution < -0.4 is 0 Å². The molecule has 2 fully saturated rings. The second-order valence-corrected chi connectivity index (χ2v) is 7.57. The third kappa shape index (κ3) is 2.09. The van der Waals surface area contributed by atoms with Gasteiger partial charge >= 0.3 is 0 Å². The molecule has 1 aromatic carbocycles. The number of halogens is 1. The summed E-state index contributed by atoms with van der Waals surface area (Å²) in [6.07, 6.45) is 3.40. The van der Waals surface area contributed by atoms with Crippen molar-refractivity contribution in [3.05, 3.63) is 29.6 Å². The molecule has 0 radical (unpaired) electrons. The smallest absolute Gasteiger partial charge is 0.207 e. The number of hydrogen-bond acceptors (Lipinski definition) is 2. The average Bonchev–Trinajstić information content (AvgIpc) is 2.92. The van der Waals surface area contributed by atoms with Crippen LogP contribution in [0.5, 0.6) is 0 Å². The van der Waals surface area contributed by atoms with Crippen molar-refractivity contribution in [2.45, 2.75) is 31.1 Å². The fraction of sp³-hybridized carbons (Fsp3) is 0.571. The number of rotatable bonds is 2. The van der Waals surface area contributed by atoms with Crippen LogP contribution in [0.3, 0.4) is 0 Å². The van der Waals surface area contributed by atoms with Gasteiger partial charge in [-0.05, 0) is 43.2 Å². The van der Waals surface area contributed by atoms with Gasteiger partial charge in [0, 0.05) is 13.1 Å². The number of benzene rings is 1. The zero-order valence-electron chi connectivity index (χ0n) is 11.0. The molecule has 1 aromatic rings. The molecule has 1 aliphatic heterocycles.